The highest BCUT2D eigenvalue weighted by molar-refractivity contribution is 7.90. The molecule has 140 valence electrons. The summed E-state index contributed by atoms with van der Waals surface area (Å²) in [7, 11) is -3.41. The maximum Gasteiger partial charge on any atom is 0.289 e. The number of hydrogen-bond acceptors (Lipinski definition) is 4. The van der Waals surface area contributed by atoms with Gasteiger partial charge in [0.25, 0.3) is 5.91 Å². The lowest BCUT2D eigenvalue weighted by atomic mass is 10.1. The van der Waals surface area contributed by atoms with Crippen LogP contribution in [0.25, 0.3) is 11.0 Å². The molecule has 2 fully saturated rings. The minimum Gasteiger partial charge on any atom is -0.451 e. The minimum absolute atomic E-state index is 0.0569. The Balaban J connectivity index is 1.48. The largest absolute Gasteiger partial charge is 0.451 e. The lowest BCUT2D eigenvalue weighted by Crippen LogP contribution is -2.49. The van der Waals surface area contributed by atoms with Crippen molar-refractivity contribution in [2.24, 2.45) is 0 Å². The molecule has 7 heteroatoms. The fourth-order valence-corrected chi connectivity index (χ4v) is 5.74. The quantitative estimate of drug-likeness (QED) is 0.890. The second-order valence-corrected chi connectivity index (χ2v) is 9.30. The van der Waals surface area contributed by atoms with E-state index < -0.39 is 15.3 Å². The third kappa shape index (κ3) is 3.50. The van der Waals surface area contributed by atoms with Crippen molar-refractivity contribution in [2.75, 3.05) is 13.1 Å². The molecule has 2 heterocycles. The van der Waals surface area contributed by atoms with Gasteiger partial charge < -0.3 is 9.32 Å². The number of hydrogen-bond donors (Lipinski definition) is 1. The number of amides is 1. The molecule has 1 aliphatic carbocycles. The summed E-state index contributed by atoms with van der Waals surface area (Å²) < 4.78 is 33.9. The van der Waals surface area contributed by atoms with Crippen LogP contribution in [-0.4, -0.2) is 43.6 Å². The van der Waals surface area contributed by atoms with Gasteiger partial charge >= 0.3 is 0 Å². The van der Waals surface area contributed by atoms with Crippen LogP contribution in [-0.2, 0) is 10.0 Å². The third-order valence-corrected chi connectivity index (χ3v) is 7.35. The number of furan rings is 1. The van der Waals surface area contributed by atoms with E-state index in [0.717, 1.165) is 31.1 Å². The molecule has 6 nitrogen and oxygen atoms in total. The molecule has 1 N–H and O–H groups in total. The summed E-state index contributed by atoms with van der Waals surface area (Å²) in [5.74, 6) is 0.0370. The average Bonchev–Trinajstić information content (AvgIpc) is 3.30. The maximum atomic E-state index is 12.8. The van der Waals surface area contributed by atoms with Crippen LogP contribution in [0.15, 0.2) is 34.7 Å². The van der Waals surface area contributed by atoms with Crippen molar-refractivity contribution in [3.63, 3.8) is 0 Å². The normalized spacial score (nSPS) is 22.2. The first-order valence-corrected chi connectivity index (χ1v) is 10.9. The number of rotatable bonds is 4. The predicted molar refractivity (Wildman–Crippen MR) is 99.5 cm³/mol. The van der Waals surface area contributed by atoms with E-state index in [1.54, 1.807) is 11.0 Å². The summed E-state index contributed by atoms with van der Waals surface area (Å²) >= 11 is 0. The van der Waals surface area contributed by atoms with Gasteiger partial charge in [-0.15, -0.1) is 0 Å². The lowest BCUT2D eigenvalue weighted by molar-refractivity contribution is 0.0697. The van der Waals surface area contributed by atoms with Crippen molar-refractivity contribution < 1.29 is 17.6 Å². The molecule has 1 aromatic heterocycles. The lowest BCUT2D eigenvalue weighted by Gasteiger charge is -2.32. The van der Waals surface area contributed by atoms with Gasteiger partial charge in [-0.1, -0.05) is 31.0 Å². The first kappa shape index (κ1) is 17.5. The van der Waals surface area contributed by atoms with Crippen LogP contribution >= 0.6 is 0 Å². The van der Waals surface area contributed by atoms with Gasteiger partial charge in [-0.3, -0.25) is 4.79 Å². The SMILES string of the molecule is O=C(c1cc2ccccc2o1)N1CCCC(S(=O)(=O)NC2CCCC2)C1. The fourth-order valence-electron chi connectivity index (χ4n) is 3.99. The summed E-state index contributed by atoms with van der Waals surface area (Å²) in [4.78, 5) is 14.4. The Morgan fingerprint density at radius 2 is 1.88 bits per heavy atom. The number of likely N-dealkylation sites (tertiary alicyclic amines) is 1. The summed E-state index contributed by atoms with van der Waals surface area (Å²) in [6.45, 7) is 0.781. The smallest absolute Gasteiger partial charge is 0.289 e. The number of sulfonamides is 1. The molecular formula is C19H24N2O4S. The van der Waals surface area contributed by atoms with Crippen molar-refractivity contribution in [2.45, 2.75) is 49.8 Å². The highest BCUT2D eigenvalue weighted by atomic mass is 32.2. The number of carbonyl (C=O) groups is 1. The molecule has 1 amide bonds. The van der Waals surface area contributed by atoms with E-state index in [1.807, 2.05) is 24.3 Å². The van der Waals surface area contributed by atoms with E-state index >= 15 is 0 Å². The number of piperidine rings is 1. The Kier molecular flexibility index (Phi) is 4.75. The highest BCUT2D eigenvalue weighted by Crippen LogP contribution is 2.25. The van der Waals surface area contributed by atoms with Crippen molar-refractivity contribution in [1.29, 1.82) is 0 Å². The van der Waals surface area contributed by atoms with E-state index in [-0.39, 0.29) is 24.3 Å². The van der Waals surface area contributed by atoms with Crippen LogP contribution < -0.4 is 4.72 Å². The Morgan fingerprint density at radius 1 is 1.12 bits per heavy atom. The molecule has 26 heavy (non-hydrogen) atoms. The fraction of sp³-hybridized carbons (Fsp3) is 0.526. The summed E-state index contributed by atoms with van der Waals surface area (Å²) in [6.07, 6.45) is 5.25. The zero-order valence-corrected chi connectivity index (χ0v) is 15.5. The van der Waals surface area contributed by atoms with Gasteiger partial charge in [0.15, 0.2) is 5.76 Å². The summed E-state index contributed by atoms with van der Waals surface area (Å²) in [6, 6.07) is 9.25. The van der Waals surface area contributed by atoms with Crippen molar-refractivity contribution in [3.05, 3.63) is 36.1 Å². The molecule has 0 spiro atoms. The number of benzene rings is 1. The summed E-state index contributed by atoms with van der Waals surface area (Å²) in [5, 5.41) is 0.324. The topological polar surface area (TPSA) is 79.6 Å². The Labute approximate surface area is 153 Å². The first-order chi connectivity index (χ1) is 12.5. The molecule has 1 aromatic carbocycles. The van der Waals surface area contributed by atoms with Crippen LogP contribution in [0.5, 0.6) is 0 Å². The van der Waals surface area contributed by atoms with E-state index in [0.29, 0.717) is 25.0 Å². The average molecular weight is 376 g/mol. The van der Waals surface area contributed by atoms with Crippen molar-refractivity contribution >= 4 is 26.9 Å². The Bertz CT molecular complexity index is 866. The predicted octanol–water partition coefficient (Wildman–Crippen LogP) is 2.90. The molecule has 1 aliphatic heterocycles. The van der Waals surface area contributed by atoms with E-state index in [2.05, 4.69) is 4.72 Å². The van der Waals surface area contributed by atoms with Crippen LogP contribution in [0.2, 0.25) is 0 Å². The van der Waals surface area contributed by atoms with E-state index in [1.165, 1.54) is 0 Å². The molecule has 1 unspecified atom stereocenters. The number of nitrogens with one attached hydrogen (secondary N) is 1. The van der Waals surface area contributed by atoms with Gasteiger partial charge in [-0.2, -0.15) is 0 Å². The zero-order chi connectivity index (χ0) is 18.1. The Hall–Kier alpha value is -1.86. The van der Waals surface area contributed by atoms with Crippen LogP contribution in [0.3, 0.4) is 0 Å². The first-order valence-electron chi connectivity index (χ1n) is 9.32. The molecule has 2 aromatic rings. The van der Waals surface area contributed by atoms with Gasteiger partial charge in [0, 0.05) is 24.5 Å². The standard InChI is InChI=1S/C19H24N2O4S/c22-19(18-12-14-6-1-4-10-17(14)25-18)21-11-5-9-16(13-21)26(23,24)20-15-7-2-3-8-15/h1,4,6,10,12,15-16,20H,2-3,5,7-9,11,13H2. The number of para-hydroxylation sites is 1. The molecule has 4 rings (SSSR count). The van der Waals surface area contributed by atoms with Gasteiger partial charge in [-0.05, 0) is 37.8 Å². The van der Waals surface area contributed by atoms with Crippen LogP contribution in [0, 0.1) is 0 Å². The number of fused-ring (bicyclic) bond motifs is 1. The second kappa shape index (κ2) is 7.04. The van der Waals surface area contributed by atoms with Crippen molar-refractivity contribution in [3.8, 4) is 0 Å². The summed E-state index contributed by atoms with van der Waals surface area (Å²) in [5.41, 5.74) is 0.667. The van der Waals surface area contributed by atoms with E-state index in [4.69, 9.17) is 4.42 Å². The minimum atomic E-state index is -3.41. The molecule has 0 bridgehead atoms. The Morgan fingerprint density at radius 3 is 2.65 bits per heavy atom. The van der Waals surface area contributed by atoms with Crippen LogP contribution in [0.1, 0.15) is 49.1 Å². The van der Waals surface area contributed by atoms with Crippen molar-refractivity contribution in [1.82, 2.24) is 9.62 Å². The molecule has 0 radical (unpaired) electrons. The number of nitrogens with zero attached hydrogens (tertiary/aromatic N) is 1. The second-order valence-electron chi connectivity index (χ2n) is 7.31. The number of carbonyl (C=O) groups excluding carboxylic acids is 1. The molecule has 1 saturated heterocycles. The third-order valence-electron chi connectivity index (χ3n) is 5.43. The molecular weight excluding hydrogens is 352 g/mol. The van der Waals surface area contributed by atoms with Gasteiger partial charge in [-0.25, -0.2) is 13.1 Å². The van der Waals surface area contributed by atoms with E-state index in [9.17, 15) is 13.2 Å². The molecule has 1 saturated carbocycles. The van der Waals surface area contributed by atoms with Crippen LogP contribution in [0.4, 0.5) is 0 Å². The molecule has 2 aliphatic rings. The van der Waals surface area contributed by atoms with Gasteiger partial charge in [0.1, 0.15) is 5.58 Å². The molecule has 1 atom stereocenters. The highest BCUT2D eigenvalue weighted by Gasteiger charge is 2.35. The monoisotopic (exact) mass is 376 g/mol. The maximum absolute atomic E-state index is 12.8. The van der Waals surface area contributed by atoms with Gasteiger partial charge in [0.2, 0.25) is 10.0 Å². The van der Waals surface area contributed by atoms with Gasteiger partial charge in [0.05, 0.1) is 5.25 Å². The zero-order valence-electron chi connectivity index (χ0n) is 14.7.